The van der Waals surface area contributed by atoms with E-state index in [2.05, 4.69) is 23.9 Å². The Morgan fingerprint density at radius 3 is 2.43 bits per heavy atom. The van der Waals surface area contributed by atoms with Gasteiger partial charge in [0.25, 0.3) is 0 Å². The van der Waals surface area contributed by atoms with Crippen LogP contribution in [0, 0.1) is 0 Å². The largest absolute Gasteiger partial charge is 0.314 e. The van der Waals surface area contributed by atoms with Gasteiger partial charge < -0.3 is 5.32 Å². The van der Waals surface area contributed by atoms with E-state index >= 15 is 0 Å². The van der Waals surface area contributed by atoms with Crippen molar-refractivity contribution in [3.8, 4) is 0 Å². The second kappa shape index (κ2) is 7.20. The van der Waals surface area contributed by atoms with Gasteiger partial charge in [0, 0.05) is 12.6 Å². The van der Waals surface area contributed by atoms with Gasteiger partial charge in [0.1, 0.15) is 0 Å². The first kappa shape index (κ1) is 13.9. The molecule has 4 nitrogen and oxygen atoms in total. The van der Waals surface area contributed by atoms with Gasteiger partial charge in [-0.15, -0.1) is 0 Å². The maximum absolute atomic E-state index is 10.7. The number of hydrogen-bond acceptors (Lipinski definition) is 3. The summed E-state index contributed by atoms with van der Waals surface area (Å²) in [5.41, 5.74) is 0. The molecule has 0 bridgehead atoms. The lowest BCUT2D eigenvalue weighted by Gasteiger charge is -2.12. The van der Waals surface area contributed by atoms with Gasteiger partial charge in [-0.05, 0) is 26.3 Å². The van der Waals surface area contributed by atoms with Gasteiger partial charge in [0.05, 0.1) is 6.26 Å². The highest BCUT2D eigenvalue weighted by Crippen LogP contribution is 1.94. The minimum Gasteiger partial charge on any atom is -0.314 e. The van der Waals surface area contributed by atoms with E-state index in [0.29, 0.717) is 12.6 Å². The smallest absolute Gasteiger partial charge is 0.208 e. The summed E-state index contributed by atoms with van der Waals surface area (Å²) < 4.78 is 23.9. The molecule has 0 aromatic heterocycles. The van der Waals surface area contributed by atoms with Crippen LogP contribution in [0.3, 0.4) is 0 Å². The fraction of sp³-hybridized carbons (Fsp3) is 1.00. The Morgan fingerprint density at radius 2 is 1.93 bits per heavy atom. The Hall–Kier alpha value is -0.130. The zero-order chi connectivity index (χ0) is 11.0. The molecule has 0 spiro atoms. The Kier molecular flexibility index (Phi) is 7.13. The van der Waals surface area contributed by atoms with Gasteiger partial charge in [0.15, 0.2) is 0 Å². The molecule has 86 valence electrons. The van der Waals surface area contributed by atoms with Crippen molar-refractivity contribution in [3.05, 3.63) is 0 Å². The van der Waals surface area contributed by atoms with Crippen LogP contribution in [0.4, 0.5) is 0 Å². The number of rotatable bonds is 8. The lowest BCUT2D eigenvalue weighted by atomic mass is 10.2. The second-order valence-corrected chi connectivity index (χ2v) is 5.50. The van der Waals surface area contributed by atoms with E-state index in [-0.39, 0.29) is 0 Å². The van der Waals surface area contributed by atoms with Crippen LogP contribution in [-0.4, -0.2) is 33.8 Å². The summed E-state index contributed by atoms with van der Waals surface area (Å²) in [5, 5.41) is 3.33. The molecule has 0 aliphatic carbocycles. The van der Waals surface area contributed by atoms with Gasteiger partial charge in [-0.25, -0.2) is 13.1 Å². The molecule has 1 atom stereocenters. The Labute approximate surface area is 87.5 Å². The molecule has 0 saturated carbocycles. The van der Waals surface area contributed by atoms with Crippen molar-refractivity contribution in [1.82, 2.24) is 10.0 Å². The van der Waals surface area contributed by atoms with Crippen molar-refractivity contribution in [2.24, 2.45) is 0 Å². The summed E-state index contributed by atoms with van der Waals surface area (Å²) >= 11 is 0. The molecule has 0 amide bonds. The number of nitrogens with one attached hydrogen (secondary N) is 2. The fourth-order valence-electron chi connectivity index (χ4n) is 1.23. The predicted molar refractivity (Wildman–Crippen MR) is 59.8 cm³/mol. The SMILES string of the molecule is CCCC(C)NCCCNS(C)(=O)=O. The highest BCUT2D eigenvalue weighted by Gasteiger charge is 2.00. The third kappa shape index (κ3) is 9.95. The van der Waals surface area contributed by atoms with E-state index < -0.39 is 10.0 Å². The van der Waals surface area contributed by atoms with Crippen LogP contribution in [0.5, 0.6) is 0 Å². The van der Waals surface area contributed by atoms with Gasteiger partial charge in [-0.2, -0.15) is 0 Å². The molecule has 0 aromatic carbocycles. The van der Waals surface area contributed by atoms with Crippen LogP contribution in [-0.2, 0) is 10.0 Å². The molecule has 0 saturated heterocycles. The Morgan fingerprint density at radius 1 is 1.29 bits per heavy atom. The molecule has 1 unspecified atom stereocenters. The van der Waals surface area contributed by atoms with Crippen molar-refractivity contribution < 1.29 is 8.42 Å². The molecule has 5 heteroatoms. The third-order valence-corrected chi connectivity index (χ3v) is 2.66. The first-order chi connectivity index (χ1) is 6.45. The standard InChI is InChI=1S/C9H22N2O2S/c1-4-6-9(2)10-7-5-8-11-14(3,12)13/h9-11H,4-8H2,1-3H3. The van der Waals surface area contributed by atoms with Crippen molar-refractivity contribution in [2.45, 2.75) is 39.2 Å². The highest BCUT2D eigenvalue weighted by atomic mass is 32.2. The van der Waals surface area contributed by atoms with Gasteiger partial charge in [-0.3, -0.25) is 0 Å². The molecule has 2 N–H and O–H groups in total. The van der Waals surface area contributed by atoms with Crippen LogP contribution in [0.2, 0.25) is 0 Å². The molecular weight excluding hydrogens is 200 g/mol. The normalized spacial score (nSPS) is 14.2. The maximum atomic E-state index is 10.7. The van der Waals surface area contributed by atoms with E-state index in [0.717, 1.165) is 13.0 Å². The van der Waals surface area contributed by atoms with Crippen LogP contribution in [0.1, 0.15) is 33.1 Å². The third-order valence-electron chi connectivity index (χ3n) is 1.93. The second-order valence-electron chi connectivity index (χ2n) is 3.66. The Bertz CT molecular complexity index is 227. The summed E-state index contributed by atoms with van der Waals surface area (Å²) in [4.78, 5) is 0. The lowest BCUT2D eigenvalue weighted by Crippen LogP contribution is -2.30. The minimum atomic E-state index is -3.01. The molecular formula is C9H22N2O2S. The van der Waals surface area contributed by atoms with Gasteiger partial charge in [0.2, 0.25) is 10.0 Å². The minimum absolute atomic E-state index is 0.519. The number of hydrogen-bond donors (Lipinski definition) is 2. The van der Waals surface area contributed by atoms with Crippen LogP contribution in [0.15, 0.2) is 0 Å². The van der Waals surface area contributed by atoms with Gasteiger partial charge in [-0.1, -0.05) is 13.3 Å². The van der Waals surface area contributed by atoms with E-state index in [1.165, 1.54) is 19.1 Å². The monoisotopic (exact) mass is 222 g/mol. The number of sulfonamides is 1. The molecule has 0 fully saturated rings. The van der Waals surface area contributed by atoms with Gasteiger partial charge >= 0.3 is 0 Å². The van der Waals surface area contributed by atoms with E-state index in [9.17, 15) is 8.42 Å². The molecule has 14 heavy (non-hydrogen) atoms. The van der Waals surface area contributed by atoms with E-state index in [4.69, 9.17) is 0 Å². The van der Waals surface area contributed by atoms with Crippen molar-refractivity contribution in [3.63, 3.8) is 0 Å². The van der Waals surface area contributed by atoms with E-state index in [1.807, 2.05) is 0 Å². The quantitative estimate of drug-likeness (QED) is 0.595. The average Bonchev–Trinajstić information content (AvgIpc) is 2.02. The van der Waals surface area contributed by atoms with Crippen LogP contribution >= 0.6 is 0 Å². The zero-order valence-electron chi connectivity index (χ0n) is 9.34. The zero-order valence-corrected chi connectivity index (χ0v) is 10.2. The van der Waals surface area contributed by atoms with Crippen molar-refractivity contribution in [2.75, 3.05) is 19.3 Å². The first-order valence-electron chi connectivity index (χ1n) is 5.13. The molecule has 0 heterocycles. The summed E-state index contributed by atoms with van der Waals surface area (Å²) in [7, 11) is -3.01. The van der Waals surface area contributed by atoms with Crippen molar-refractivity contribution in [1.29, 1.82) is 0 Å². The first-order valence-corrected chi connectivity index (χ1v) is 7.03. The topological polar surface area (TPSA) is 58.2 Å². The van der Waals surface area contributed by atoms with Crippen molar-refractivity contribution >= 4 is 10.0 Å². The van der Waals surface area contributed by atoms with Crippen LogP contribution < -0.4 is 10.0 Å². The highest BCUT2D eigenvalue weighted by molar-refractivity contribution is 7.88. The molecule has 0 rings (SSSR count). The summed E-state index contributed by atoms with van der Waals surface area (Å²) in [6.45, 7) is 5.69. The average molecular weight is 222 g/mol. The van der Waals surface area contributed by atoms with E-state index in [1.54, 1.807) is 0 Å². The van der Waals surface area contributed by atoms with Crippen LogP contribution in [0.25, 0.3) is 0 Å². The summed E-state index contributed by atoms with van der Waals surface area (Å²) in [5.74, 6) is 0. The summed E-state index contributed by atoms with van der Waals surface area (Å²) in [6, 6.07) is 0.526. The molecule has 0 aliphatic rings. The Balaban J connectivity index is 3.30. The maximum Gasteiger partial charge on any atom is 0.208 e. The predicted octanol–water partition coefficient (Wildman–Crippen LogP) is 0.704. The molecule has 0 radical (unpaired) electrons. The molecule has 0 aliphatic heterocycles. The fourth-order valence-corrected chi connectivity index (χ4v) is 1.74. The summed E-state index contributed by atoms with van der Waals surface area (Å²) in [6.07, 6.45) is 4.36. The lowest BCUT2D eigenvalue weighted by molar-refractivity contribution is 0.499. The molecule has 0 aromatic rings.